The summed E-state index contributed by atoms with van der Waals surface area (Å²) in [6, 6.07) is 0. The summed E-state index contributed by atoms with van der Waals surface area (Å²) in [5.41, 5.74) is 0. The first-order chi connectivity index (χ1) is 13.5. The van der Waals surface area contributed by atoms with Gasteiger partial charge < -0.3 is 9.66 Å². The third-order valence-electron chi connectivity index (χ3n) is 5.76. The molecule has 0 spiro atoms. The van der Waals surface area contributed by atoms with Crippen LogP contribution in [0.15, 0.2) is 0 Å². The molecule has 1 atom stereocenters. The van der Waals surface area contributed by atoms with Crippen LogP contribution >= 0.6 is 0 Å². The van der Waals surface area contributed by atoms with Crippen molar-refractivity contribution < 1.29 is 69.5 Å². The topological polar surface area (TPSA) is 77.4 Å². The minimum absolute atomic E-state index is 0. The maximum atomic E-state index is 10.8. The summed E-state index contributed by atoms with van der Waals surface area (Å²) in [7, 11) is -4.08. The summed E-state index contributed by atoms with van der Waals surface area (Å²) in [6.07, 6.45) is 24.6. The fourth-order valence-electron chi connectivity index (χ4n) is 3.69. The second-order valence-electron chi connectivity index (χ2n) is 8.53. The van der Waals surface area contributed by atoms with E-state index in [9.17, 15) is 13.0 Å². The van der Waals surface area contributed by atoms with Gasteiger partial charge in [-0.3, -0.25) is 0 Å². The molecule has 0 heterocycles. The Bertz CT molecular complexity index is 415. The SMILES string of the molecule is CC(CCCCCCCCCCCCCCCCCCCCCO)S(=O)(=O)[O-].[K+]. The van der Waals surface area contributed by atoms with E-state index in [1.807, 2.05) is 0 Å². The molecular formula is C23H47KO4S. The number of rotatable bonds is 22. The fraction of sp³-hybridized carbons (Fsp3) is 1.00. The van der Waals surface area contributed by atoms with Gasteiger partial charge in [0, 0.05) is 11.9 Å². The molecular weight excluding hydrogens is 411 g/mol. The van der Waals surface area contributed by atoms with Gasteiger partial charge in [-0.1, -0.05) is 116 Å². The zero-order chi connectivity index (χ0) is 20.9. The van der Waals surface area contributed by atoms with Gasteiger partial charge in [-0.15, -0.1) is 0 Å². The maximum absolute atomic E-state index is 10.8. The van der Waals surface area contributed by atoms with Crippen LogP contribution in [0.5, 0.6) is 0 Å². The minimum Gasteiger partial charge on any atom is -0.748 e. The van der Waals surface area contributed by atoms with Gasteiger partial charge in [0.15, 0.2) is 0 Å². The molecule has 0 aromatic heterocycles. The van der Waals surface area contributed by atoms with Gasteiger partial charge in [-0.25, -0.2) is 8.42 Å². The number of hydrogen-bond donors (Lipinski definition) is 1. The van der Waals surface area contributed by atoms with E-state index >= 15 is 0 Å². The van der Waals surface area contributed by atoms with E-state index in [1.165, 1.54) is 103 Å². The molecule has 29 heavy (non-hydrogen) atoms. The molecule has 0 saturated heterocycles. The average molecular weight is 459 g/mol. The van der Waals surface area contributed by atoms with Crippen molar-refractivity contribution in [3.8, 4) is 0 Å². The fourth-order valence-corrected chi connectivity index (χ4v) is 4.15. The van der Waals surface area contributed by atoms with E-state index in [4.69, 9.17) is 5.11 Å². The minimum atomic E-state index is -4.08. The Morgan fingerprint density at radius 3 is 1.07 bits per heavy atom. The van der Waals surface area contributed by atoms with Gasteiger partial charge in [0.25, 0.3) is 0 Å². The molecule has 0 aliphatic heterocycles. The van der Waals surface area contributed by atoms with E-state index in [0.717, 1.165) is 25.7 Å². The van der Waals surface area contributed by atoms with Crippen LogP contribution in [-0.4, -0.2) is 29.9 Å². The van der Waals surface area contributed by atoms with Crippen LogP contribution in [0.2, 0.25) is 0 Å². The zero-order valence-electron chi connectivity index (χ0n) is 19.5. The molecule has 0 amide bonds. The third-order valence-corrected chi connectivity index (χ3v) is 6.98. The number of aliphatic hydroxyl groups is 1. The molecule has 0 aromatic carbocycles. The molecule has 0 fully saturated rings. The van der Waals surface area contributed by atoms with Gasteiger partial charge in [-0.2, -0.15) is 0 Å². The van der Waals surface area contributed by atoms with Crippen LogP contribution in [0.25, 0.3) is 0 Å². The smallest absolute Gasteiger partial charge is 0.748 e. The Hall–Kier alpha value is 1.51. The van der Waals surface area contributed by atoms with Crippen molar-refractivity contribution in [2.24, 2.45) is 0 Å². The van der Waals surface area contributed by atoms with Gasteiger partial charge in [0.1, 0.15) is 0 Å². The molecule has 1 N–H and O–H groups in total. The summed E-state index contributed by atoms with van der Waals surface area (Å²) in [5.74, 6) is 0. The Kier molecular flexibility index (Phi) is 27.2. The predicted molar refractivity (Wildman–Crippen MR) is 119 cm³/mol. The van der Waals surface area contributed by atoms with Crippen LogP contribution in [0, 0.1) is 0 Å². The summed E-state index contributed by atoms with van der Waals surface area (Å²) < 4.78 is 32.4. The second-order valence-corrected chi connectivity index (χ2v) is 10.3. The van der Waals surface area contributed by atoms with E-state index < -0.39 is 15.4 Å². The summed E-state index contributed by atoms with van der Waals surface area (Å²) in [5, 5.41) is 8.00. The second kappa shape index (κ2) is 24.2. The normalized spacial score (nSPS) is 12.7. The van der Waals surface area contributed by atoms with Crippen LogP contribution in [-0.2, 0) is 10.1 Å². The molecule has 0 aliphatic rings. The molecule has 6 heteroatoms. The van der Waals surface area contributed by atoms with E-state index in [-0.39, 0.29) is 51.4 Å². The molecule has 0 aliphatic carbocycles. The van der Waals surface area contributed by atoms with Crippen molar-refractivity contribution in [3.63, 3.8) is 0 Å². The number of aliphatic hydroxyl groups excluding tert-OH is 1. The predicted octanol–water partition coefficient (Wildman–Crippen LogP) is 3.72. The molecule has 0 radical (unpaired) electrons. The van der Waals surface area contributed by atoms with Crippen molar-refractivity contribution in [2.45, 2.75) is 141 Å². The third kappa shape index (κ3) is 25.6. The molecule has 1 unspecified atom stereocenters. The summed E-state index contributed by atoms with van der Waals surface area (Å²) in [6.45, 7) is 1.87. The van der Waals surface area contributed by atoms with Gasteiger partial charge in [-0.05, 0) is 19.8 Å². The van der Waals surface area contributed by atoms with E-state index in [0.29, 0.717) is 13.0 Å². The first-order valence-corrected chi connectivity index (χ1v) is 13.5. The molecule has 170 valence electrons. The van der Waals surface area contributed by atoms with Crippen molar-refractivity contribution in [1.29, 1.82) is 0 Å². The van der Waals surface area contributed by atoms with Crippen LogP contribution in [0.4, 0.5) is 0 Å². The number of hydrogen-bond acceptors (Lipinski definition) is 4. The summed E-state index contributed by atoms with van der Waals surface area (Å²) in [4.78, 5) is 0. The quantitative estimate of drug-likeness (QED) is 0.152. The monoisotopic (exact) mass is 458 g/mol. The van der Waals surface area contributed by atoms with Crippen molar-refractivity contribution in [1.82, 2.24) is 0 Å². The molecule has 0 aromatic rings. The van der Waals surface area contributed by atoms with Crippen LogP contribution in [0.1, 0.15) is 135 Å². The zero-order valence-corrected chi connectivity index (χ0v) is 23.4. The standard InChI is InChI=1S/C23H48O4S.K/c1-23(28(25,26)27)21-19-17-15-13-11-9-7-5-3-2-4-6-8-10-12-14-16-18-20-22-24;/h23-24H,2-22H2,1H3,(H,25,26,27);/q;+1/p-1. The molecule has 0 rings (SSSR count). The van der Waals surface area contributed by atoms with E-state index in [2.05, 4.69) is 0 Å². The Morgan fingerprint density at radius 1 is 0.586 bits per heavy atom. The largest absolute Gasteiger partial charge is 1.00 e. The molecule has 0 bridgehead atoms. The molecule has 0 saturated carbocycles. The van der Waals surface area contributed by atoms with Gasteiger partial charge in [0.05, 0.1) is 10.1 Å². The van der Waals surface area contributed by atoms with Gasteiger partial charge in [0.2, 0.25) is 0 Å². The molecule has 4 nitrogen and oxygen atoms in total. The Balaban J connectivity index is 0. The van der Waals surface area contributed by atoms with Crippen molar-refractivity contribution >= 4 is 10.1 Å². The Morgan fingerprint density at radius 2 is 0.828 bits per heavy atom. The van der Waals surface area contributed by atoms with Gasteiger partial charge >= 0.3 is 51.4 Å². The van der Waals surface area contributed by atoms with Crippen molar-refractivity contribution in [2.75, 3.05) is 6.61 Å². The number of unbranched alkanes of at least 4 members (excludes halogenated alkanes) is 18. The Labute approximate surface area is 224 Å². The first-order valence-electron chi connectivity index (χ1n) is 12.0. The summed E-state index contributed by atoms with van der Waals surface area (Å²) >= 11 is 0. The van der Waals surface area contributed by atoms with E-state index in [1.54, 1.807) is 0 Å². The van der Waals surface area contributed by atoms with Crippen molar-refractivity contribution in [3.05, 3.63) is 0 Å². The average Bonchev–Trinajstić information content (AvgIpc) is 2.65. The maximum Gasteiger partial charge on any atom is 1.00 e. The van der Waals surface area contributed by atoms with Crippen LogP contribution in [0.3, 0.4) is 0 Å². The first kappa shape index (κ1) is 32.7. The van der Waals surface area contributed by atoms with Crippen LogP contribution < -0.4 is 51.4 Å².